The van der Waals surface area contributed by atoms with E-state index in [0.29, 0.717) is 19.5 Å². The Morgan fingerprint density at radius 2 is 2.00 bits per heavy atom. The summed E-state index contributed by atoms with van der Waals surface area (Å²) in [6.07, 6.45) is 2.62. The number of halogens is 1. The lowest BCUT2D eigenvalue weighted by molar-refractivity contribution is -0.144. The average molecular weight is 434 g/mol. The topological polar surface area (TPSA) is 81.2 Å². The second kappa shape index (κ2) is 9.87. The van der Waals surface area contributed by atoms with Crippen LogP contribution in [0.5, 0.6) is 0 Å². The Labute approximate surface area is 182 Å². The highest BCUT2D eigenvalue weighted by molar-refractivity contribution is 6.10. The average Bonchev–Trinajstić information content (AvgIpc) is 2.97. The molecule has 8 heteroatoms. The van der Waals surface area contributed by atoms with Gasteiger partial charge in [0.05, 0.1) is 5.41 Å². The predicted molar refractivity (Wildman–Crippen MR) is 114 cm³/mol. The highest BCUT2D eigenvalue weighted by Crippen LogP contribution is 2.42. The number of amides is 3. The minimum atomic E-state index is -1.53. The molecule has 7 nitrogen and oxygen atoms in total. The van der Waals surface area contributed by atoms with Crippen molar-refractivity contribution in [2.24, 2.45) is 0 Å². The van der Waals surface area contributed by atoms with Crippen molar-refractivity contribution in [3.05, 3.63) is 35.6 Å². The summed E-state index contributed by atoms with van der Waals surface area (Å²) in [7, 11) is 3.69. The molecule has 2 fully saturated rings. The van der Waals surface area contributed by atoms with E-state index < -0.39 is 17.1 Å². The number of carbonyl (C=O) groups is 3. The molecule has 0 bridgehead atoms. The number of hydrogen-bond donors (Lipinski definition) is 1. The number of benzene rings is 1. The number of imide groups is 1. The molecule has 170 valence electrons. The molecule has 2 aliphatic heterocycles. The molecule has 2 heterocycles. The summed E-state index contributed by atoms with van der Waals surface area (Å²) in [4.78, 5) is 44.5. The summed E-state index contributed by atoms with van der Waals surface area (Å²) in [6, 6.07) is 5.82. The van der Waals surface area contributed by atoms with Crippen molar-refractivity contribution < 1.29 is 23.9 Å². The summed E-state index contributed by atoms with van der Waals surface area (Å²) in [5.41, 5.74) is -1.43. The van der Waals surface area contributed by atoms with E-state index in [2.05, 4.69) is 0 Å². The first-order valence-electron chi connectivity index (χ1n) is 10.9. The van der Waals surface area contributed by atoms with Gasteiger partial charge in [-0.05, 0) is 45.8 Å². The van der Waals surface area contributed by atoms with Crippen LogP contribution in [-0.2, 0) is 19.8 Å². The van der Waals surface area contributed by atoms with E-state index in [0.717, 1.165) is 19.3 Å². The van der Waals surface area contributed by atoms with Crippen molar-refractivity contribution >= 4 is 17.7 Å². The van der Waals surface area contributed by atoms with Crippen LogP contribution in [0.1, 0.15) is 44.1 Å². The van der Waals surface area contributed by atoms with Crippen LogP contribution in [0.2, 0.25) is 0 Å². The summed E-state index contributed by atoms with van der Waals surface area (Å²) < 4.78 is 14.9. The summed E-state index contributed by atoms with van der Waals surface area (Å²) in [5, 5.41) is 9.39. The molecule has 0 saturated carbocycles. The van der Waals surface area contributed by atoms with Gasteiger partial charge in [-0.1, -0.05) is 18.2 Å². The van der Waals surface area contributed by atoms with Gasteiger partial charge in [0.1, 0.15) is 5.82 Å². The van der Waals surface area contributed by atoms with Crippen molar-refractivity contribution in [1.82, 2.24) is 14.7 Å². The highest BCUT2D eigenvalue weighted by Gasteiger charge is 2.55. The third-order valence-electron chi connectivity index (χ3n) is 6.43. The van der Waals surface area contributed by atoms with Gasteiger partial charge in [0.25, 0.3) is 0 Å². The van der Waals surface area contributed by atoms with Crippen LogP contribution in [-0.4, -0.2) is 83.9 Å². The second-order valence-corrected chi connectivity index (χ2v) is 8.82. The predicted octanol–water partition coefficient (Wildman–Crippen LogP) is 1.54. The van der Waals surface area contributed by atoms with Gasteiger partial charge in [0.15, 0.2) is 0 Å². The third-order valence-corrected chi connectivity index (χ3v) is 6.43. The number of nitrogens with zero attached hydrogens (tertiary/aromatic N) is 3. The van der Waals surface area contributed by atoms with Gasteiger partial charge >= 0.3 is 0 Å². The van der Waals surface area contributed by atoms with Crippen LogP contribution < -0.4 is 0 Å². The van der Waals surface area contributed by atoms with Gasteiger partial charge in [-0.3, -0.25) is 19.3 Å². The molecule has 3 amide bonds. The van der Waals surface area contributed by atoms with Gasteiger partial charge in [-0.15, -0.1) is 0 Å². The number of likely N-dealkylation sites (tertiary alicyclic amines) is 2. The number of aliphatic hydroxyl groups is 1. The fraction of sp³-hybridized carbons (Fsp3) is 0.609. The van der Waals surface area contributed by atoms with Gasteiger partial charge in [0, 0.05) is 50.7 Å². The molecule has 0 radical (unpaired) electrons. The van der Waals surface area contributed by atoms with Crippen molar-refractivity contribution in [3.8, 4) is 0 Å². The molecule has 31 heavy (non-hydrogen) atoms. The number of aliphatic hydroxyl groups excluding tert-OH is 1. The first-order valence-corrected chi connectivity index (χ1v) is 10.9. The monoisotopic (exact) mass is 433 g/mol. The first-order chi connectivity index (χ1) is 14.8. The Hall–Kier alpha value is -2.32. The number of rotatable bonds is 8. The molecule has 0 unspecified atom stereocenters. The first kappa shape index (κ1) is 23.3. The molecule has 1 aromatic rings. The smallest absolute Gasteiger partial charge is 0.241 e. The standard InChI is InChI=1S/C23H32FN3O4/c1-25(2)12-13-27-21(30)16-23(22(27)31,18-8-3-4-9-19(18)24)15-20(29)26-11-6-5-7-17(26)10-14-28/h3-4,8-9,17,28H,5-7,10-16H2,1-2H3/t17-,23+/m1/s1. The van der Waals surface area contributed by atoms with Gasteiger partial charge in [-0.25, -0.2) is 4.39 Å². The van der Waals surface area contributed by atoms with E-state index in [4.69, 9.17) is 0 Å². The van der Waals surface area contributed by atoms with Crippen LogP contribution in [0.25, 0.3) is 0 Å². The van der Waals surface area contributed by atoms with Crippen LogP contribution >= 0.6 is 0 Å². The Kier molecular flexibility index (Phi) is 7.43. The second-order valence-electron chi connectivity index (χ2n) is 8.82. The minimum Gasteiger partial charge on any atom is -0.396 e. The largest absolute Gasteiger partial charge is 0.396 e. The molecular formula is C23H32FN3O4. The van der Waals surface area contributed by atoms with Crippen molar-refractivity contribution in [3.63, 3.8) is 0 Å². The quantitative estimate of drug-likeness (QED) is 0.629. The Bertz CT molecular complexity index is 829. The van der Waals surface area contributed by atoms with Crippen LogP contribution in [0.3, 0.4) is 0 Å². The molecular weight excluding hydrogens is 401 g/mol. The van der Waals surface area contributed by atoms with Crippen molar-refractivity contribution in [1.29, 1.82) is 0 Å². The lowest BCUT2D eigenvalue weighted by Gasteiger charge is -2.38. The molecule has 0 spiro atoms. The minimum absolute atomic E-state index is 0.0252. The number of carbonyl (C=O) groups excluding carboxylic acids is 3. The van der Waals surface area contributed by atoms with Gasteiger partial charge in [-0.2, -0.15) is 0 Å². The molecule has 2 atom stereocenters. The fourth-order valence-corrected chi connectivity index (χ4v) is 4.76. The third kappa shape index (κ3) is 4.80. The zero-order valence-electron chi connectivity index (χ0n) is 18.3. The van der Waals surface area contributed by atoms with E-state index in [1.807, 2.05) is 19.0 Å². The van der Waals surface area contributed by atoms with E-state index in [-0.39, 0.29) is 49.4 Å². The maximum absolute atomic E-state index is 14.9. The van der Waals surface area contributed by atoms with Crippen LogP contribution in [0.15, 0.2) is 24.3 Å². The lowest BCUT2D eigenvalue weighted by atomic mass is 9.75. The molecule has 0 aromatic heterocycles. The molecule has 2 aliphatic rings. The maximum Gasteiger partial charge on any atom is 0.241 e. The van der Waals surface area contributed by atoms with E-state index in [1.165, 1.54) is 23.1 Å². The summed E-state index contributed by atoms with van der Waals surface area (Å²) in [5.74, 6) is -1.74. The van der Waals surface area contributed by atoms with E-state index in [1.54, 1.807) is 11.0 Å². The van der Waals surface area contributed by atoms with E-state index >= 15 is 0 Å². The zero-order valence-corrected chi connectivity index (χ0v) is 18.3. The van der Waals surface area contributed by atoms with Crippen molar-refractivity contribution in [2.45, 2.75) is 50.0 Å². The highest BCUT2D eigenvalue weighted by atomic mass is 19.1. The Balaban J connectivity index is 1.94. The van der Waals surface area contributed by atoms with Gasteiger partial charge < -0.3 is 14.9 Å². The molecule has 3 rings (SSSR count). The molecule has 2 saturated heterocycles. The van der Waals surface area contributed by atoms with Gasteiger partial charge in [0.2, 0.25) is 17.7 Å². The molecule has 1 N–H and O–H groups in total. The van der Waals surface area contributed by atoms with Crippen molar-refractivity contribution in [2.75, 3.05) is 40.3 Å². The summed E-state index contributed by atoms with van der Waals surface area (Å²) >= 11 is 0. The zero-order chi connectivity index (χ0) is 22.6. The molecule has 0 aliphatic carbocycles. The lowest BCUT2D eigenvalue weighted by Crippen LogP contribution is -2.49. The van der Waals surface area contributed by atoms with Crippen LogP contribution in [0, 0.1) is 5.82 Å². The SMILES string of the molecule is CN(C)CCN1C(=O)C[C@@](CC(=O)N2CCCC[C@@H]2CCO)(c2ccccc2F)C1=O. The molecule has 1 aromatic carbocycles. The summed E-state index contributed by atoms with van der Waals surface area (Å²) in [6.45, 7) is 1.21. The number of likely N-dealkylation sites (N-methyl/N-ethyl adjacent to an activating group) is 1. The maximum atomic E-state index is 14.9. The van der Waals surface area contributed by atoms with E-state index in [9.17, 15) is 23.9 Å². The number of hydrogen-bond acceptors (Lipinski definition) is 5. The Morgan fingerprint density at radius 3 is 2.68 bits per heavy atom. The fourth-order valence-electron chi connectivity index (χ4n) is 4.76. The van der Waals surface area contributed by atoms with Crippen LogP contribution in [0.4, 0.5) is 4.39 Å². The Morgan fingerprint density at radius 1 is 1.26 bits per heavy atom. The number of piperidine rings is 1. The normalized spacial score (nSPS) is 24.4.